The van der Waals surface area contributed by atoms with Gasteiger partial charge in [-0.15, -0.1) is 0 Å². The summed E-state index contributed by atoms with van der Waals surface area (Å²) in [5.41, 5.74) is 3.23. The molecule has 1 aliphatic heterocycles. The number of ether oxygens (including phenoxy) is 1. The lowest BCUT2D eigenvalue weighted by Gasteiger charge is -2.29. The molecule has 150 valence electrons. The molecule has 0 radical (unpaired) electrons. The topological polar surface area (TPSA) is 140 Å². The van der Waals surface area contributed by atoms with Gasteiger partial charge in [-0.2, -0.15) is 5.10 Å². The molecule has 1 heterocycles. The molecule has 0 unspecified atom stereocenters. The van der Waals surface area contributed by atoms with Crippen molar-refractivity contribution in [1.82, 2.24) is 5.43 Å². The fourth-order valence-corrected chi connectivity index (χ4v) is 2.84. The van der Waals surface area contributed by atoms with Crippen LogP contribution >= 0.6 is 0 Å². The summed E-state index contributed by atoms with van der Waals surface area (Å²) in [6.07, 6.45) is 1.31. The molecule has 0 aromatic heterocycles. The molecule has 2 aromatic carbocycles. The van der Waals surface area contributed by atoms with E-state index >= 15 is 0 Å². The SMILES string of the molecule is O=C(N/N=C\c1cc([N+](=O)[O-])ccc1N1CCOCC1)c1cccc([N+](=O)[O-])c1. The van der Waals surface area contributed by atoms with Gasteiger partial charge >= 0.3 is 0 Å². The molecule has 29 heavy (non-hydrogen) atoms. The lowest BCUT2D eigenvalue weighted by atomic mass is 10.1. The third kappa shape index (κ3) is 4.90. The predicted octanol–water partition coefficient (Wildman–Crippen LogP) is 2.10. The van der Waals surface area contributed by atoms with Crippen LogP contribution in [0.4, 0.5) is 17.1 Å². The number of carbonyl (C=O) groups excluding carboxylic acids is 1. The third-order valence-electron chi connectivity index (χ3n) is 4.26. The van der Waals surface area contributed by atoms with E-state index in [-0.39, 0.29) is 16.9 Å². The number of nitro groups is 2. The van der Waals surface area contributed by atoms with E-state index in [1.165, 1.54) is 36.5 Å². The summed E-state index contributed by atoms with van der Waals surface area (Å²) >= 11 is 0. The van der Waals surface area contributed by atoms with Crippen LogP contribution in [0.5, 0.6) is 0 Å². The number of benzene rings is 2. The van der Waals surface area contributed by atoms with E-state index in [4.69, 9.17) is 4.74 Å². The number of hydrogen-bond donors (Lipinski definition) is 1. The predicted molar refractivity (Wildman–Crippen MR) is 104 cm³/mol. The summed E-state index contributed by atoms with van der Waals surface area (Å²) in [5, 5.41) is 25.8. The van der Waals surface area contributed by atoms with Crippen molar-refractivity contribution >= 4 is 29.2 Å². The molecule has 0 aliphatic carbocycles. The first-order valence-electron chi connectivity index (χ1n) is 8.64. The van der Waals surface area contributed by atoms with Gasteiger partial charge in [-0.1, -0.05) is 6.07 Å². The van der Waals surface area contributed by atoms with E-state index in [1.54, 1.807) is 6.07 Å². The molecular weight excluding hydrogens is 382 g/mol. The molecule has 2 aromatic rings. The maximum absolute atomic E-state index is 12.2. The Bertz CT molecular complexity index is 971. The first-order valence-corrected chi connectivity index (χ1v) is 8.64. The van der Waals surface area contributed by atoms with Crippen LogP contribution in [0.15, 0.2) is 47.6 Å². The summed E-state index contributed by atoms with van der Waals surface area (Å²) in [4.78, 5) is 35.0. The van der Waals surface area contributed by atoms with E-state index < -0.39 is 15.8 Å². The van der Waals surface area contributed by atoms with Gasteiger partial charge in [0.1, 0.15) is 0 Å². The minimum atomic E-state index is -0.636. The number of non-ortho nitro benzene ring substituents is 2. The number of carbonyl (C=O) groups is 1. The number of anilines is 1. The quantitative estimate of drug-likeness (QED) is 0.445. The third-order valence-corrected chi connectivity index (χ3v) is 4.26. The molecule has 3 rings (SSSR count). The number of nitrogens with one attached hydrogen (secondary N) is 1. The van der Waals surface area contributed by atoms with Gasteiger partial charge in [0.15, 0.2) is 0 Å². The molecular formula is C18H17N5O6. The standard InChI is InChI=1S/C18H17N5O6/c24-18(13-2-1-3-15(10-13)22(25)26)20-19-12-14-11-16(23(27)28)4-5-17(14)21-6-8-29-9-7-21/h1-5,10-12H,6-9H2,(H,20,24)/b19-12-. The normalized spacial score (nSPS) is 14.0. The van der Waals surface area contributed by atoms with Gasteiger partial charge in [-0.25, -0.2) is 5.43 Å². The Morgan fingerprint density at radius 2 is 1.76 bits per heavy atom. The lowest BCUT2D eigenvalue weighted by Crippen LogP contribution is -2.36. The highest BCUT2D eigenvalue weighted by Crippen LogP contribution is 2.25. The molecule has 0 spiro atoms. The minimum Gasteiger partial charge on any atom is -0.378 e. The molecule has 0 atom stereocenters. The second-order valence-electron chi connectivity index (χ2n) is 6.11. The van der Waals surface area contributed by atoms with Crippen LogP contribution in [0, 0.1) is 20.2 Å². The highest BCUT2D eigenvalue weighted by atomic mass is 16.6. The zero-order valence-corrected chi connectivity index (χ0v) is 15.2. The Morgan fingerprint density at radius 3 is 2.45 bits per heavy atom. The second-order valence-corrected chi connectivity index (χ2v) is 6.11. The van der Waals surface area contributed by atoms with E-state index in [0.29, 0.717) is 31.9 Å². The molecule has 1 fully saturated rings. The average Bonchev–Trinajstić information content (AvgIpc) is 2.74. The number of nitro benzene ring substituents is 2. The van der Waals surface area contributed by atoms with Gasteiger partial charge in [0.2, 0.25) is 0 Å². The Hall–Kier alpha value is -3.86. The Labute approximate surface area is 164 Å². The minimum absolute atomic E-state index is 0.0730. The lowest BCUT2D eigenvalue weighted by molar-refractivity contribution is -0.385. The van der Waals surface area contributed by atoms with E-state index in [2.05, 4.69) is 10.5 Å². The number of amides is 1. The smallest absolute Gasteiger partial charge is 0.271 e. The van der Waals surface area contributed by atoms with Gasteiger partial charge in [-0.05, 0) is 12.1 Å². The summed E-state index contributed by atoms with van der Waals surface area (Å²) < 4.78 is 5.32. The number of hydrazone groups is 1. The number of nitrogens with zero attached hydrogens (tertiary/aromatic N) is 4. The molecule has 1 aliphatic rings. The van der Waals surface area contributed by atoms with Crippen molar-refractivity contribution in [2.45, 2.75) is 0 Å². The largest absolute Gasteiger partial charge is 0.378 e. The molecule has 1 N–H and O–H groups in total. The monoisotopic (exact) mass is 399 g/mol. The van der Waals surface area contributed by atoms with Crippen molar-refractivity contribution in [1.29, 1.82) is 0 Å². The average molecular weight is 399 g/mol. The van der Waals surface area contributed by atoms with E-state index in [0.717, 1.165) is 11.8 Å². The van der Waals surface area contributed by atoms with Crippen LogP contribution in [-0.4, -0.2) is 48.3 Å². The van der Waals surface area contributed by atoms with E-state index in [1.807, 2.05) is 4.90 Å². The van der Waals surface area contributed by atoms with Crippen LogP contribution in [0.2, 0.25) is 0 Å². The molecule has 11 nitrogen and oxygen atoms in total. The molecule has 1 saturated heterocycles. The summed E-state index contributed by atoms with van der Waals surface area (Å²) in [5.74, 6) is -0.636. The molecule has 11 heteroatoms. The van der Waals surface area contributed by atoms with Crippen molar-refractivity contribution in [3.8, 4) is 0 Å². The van der Waals surface area contributed by atoms with Crippen LogP contribution in [0.3, 0.4) is 0 Å². The Balaban J connectivity index is 1.80. The second kappa shape index (κ2) is 8.89. The Morgan fingerprint density at radius 1 is 1.07 bits per heavy atom. The summed E-state index contributed by atoms with van der Waals surface area (Å²) in [6.45, 7) is 2.32. The fraction of sp³-hybridized carbons (Fsp3) is 0.222. The number of rotatable bonds is 6. The fourth-order valence-electron chi connectivity index (χ4n) is 2.84. The van der Waals surface area contributed by atoms with Crippen molar-refractivity contribution in [2.75, 3.05) is 31.2 Å². The van der Waals surface area contributed by atoms with Gasteiger partial charge in [-0.3, -0.25) is 25.0 Å². The van der Waals surface area contributed by atoms with Crippen molar-refractivity contribution < 1.29 is 19.4 Å². The van der Waals surface area contributed by atoms with Crippen LogP contribution in [0.1, 0.15) is 15.9 Å². The van der Waals surface area contributed by atoms with Crippen molar-refractivity contribution in [2.24, 2.45) is 5.10 Å². The van der Waals surface area contributed by atoms with Gasteiger partial charge in [0.25, 0.3) is 17.3 Å². The highest BCUT2D eigenvalue weighted by molar-refractivity contribution is 5.96. The van der Waals surface area contributed by atoms with Crippen LogP contribution in [-0.2, 0) is 4.74 Å². The maximum atomic E-state index is 12.2. The molecule has 0 saturated carbocycles. The van der Waals surface area contributed by atoms with Gasteiger partial charge < -0.3 is 9.64 Å². The van der Waals surface area contributed by atoms with Gasteiger partial charge in [0, 0.05) is 54.2 Å². The first kappa shape index (κ1) is 19.9. The van der Waals surface area contributed by atoms with Crippen molar-refractivity contribution in [3.63, 3.8) is 0 Å². The Kier molecular flexibility index (Phi) is 6.09. The molecule has 1 amide bonds. The van der Waals surface area contributed by atoms with Gasteiger partial charge in [0.05, 0.1) is 29.3 Å². The van der Waals surface area contributed by atoms with Crippen molar-refractivity contribution in [3.05, 3.63) is 73.8 Å². The molecule has 0 bridgehead atoms. The van der Waals surface area contributed by atoms with E-state index in [9.17, 15) is 25.0 Å². The summed E-state index contributed by atoms with van der Waals surface area (Å²) in [6, 6.07) is 9.64. The highest BCUT2D eigenvalue weighted by Gasteiger charge is 2.17. The number of hydrogen-bond acceptors (Lipinski definition) is 8. The number of morpholine rings is 1. The zero-order chi connectivity index (χ0) is 20.8. The summed E-state index contributed by atoms with van der Waals surface area (Å²) in [7, 11) is 0. The van der Waals surface area contributed by atoms with Crippen LogP contribution in [0.25, 0.3) is 0 Å². The maximum Gasteiger partial charge on any atom is 0.271 e. The first-order chi connectivity index (χ1) is 14.0. The van der Waals surface area contributed by atoms with Crippen LogP contribution < -0.4 is 10.3 Å². The zero-order valence-electron chi connectivity index (χ0n) is 15.2.